The van der Waals surface area contributed by atoms with E-state index in [0.717, 1.165) is 12.8 Å². The summed E-state index contributed by atoms with van der Waals surface area (Å²) < 4.78 is 24.1. The Hall–Kier alpha value is -4.64. The van der Waals surface area contributed by atoms with Crippen molar-refractivity contribution < 1.29 is 28.5 Å². The average Bonchev–Trinajstić information content (AvgIpc) is 3.69. The molecule has 3 heterocycles. The molecule has 0 aliphatic carbocycles. The van der Waals surface area contributed by atoms with Gasteiger partial charge in [0.15, 0.2) is 11.5 Å². The second-order valence-corrected chi connectivity index (χ2v) is 9.88. The van der Waals surface area contributed by atoms with E-state index in [1.165, 1.54) is 9.58 Å². The summed E-state index contributed by atoms with van der Waals surface area (Å²) in [4.78, 5) is 29.7. The third-order valence-electron chi connectivity index (χ3n) is 7.24. The van der Waals surface area contributed by atoms with E-state index < -0.39 is 6.04 Å². The normalized spacial score (nSPS) is 16.8. The van der Waals surface area contributed by atoms with Crippen molar-refractivity contribution in [2.24, 2.45) is 0 Å². The lowest BCUT2D eigenvalue weighted by Gasteiger charge is -2.32. The number of rotatable bonds is 9. The highest BCUT2D eigenvalue weighted by molar-refractivity contribution is 6.01. The third kappa shape index (κ3) is 5.66. The second-order valence-electron chi connectivity index (χ2n) is 9.88. The number of carbonyl (C=O) groups is 2. The molecule has 1 fully saturated rings. The van der Waals surface area contributed by atoms with Crippen molar-refractivity contribution >= 4 is 28.5 Å². The summed E-state index contributed by atoms with van der Waals surface area (Å²) in [7, 11) is 1.58. The van der Waals surface area contributed by atoms with E-state index in [0.29, 0.717) is 65.9 Å². The topological polar surface area (TPSA) is 117 Å². The molecule has 2 amide bonds. The Labute approximate surface area is 236 Å². The Kier molecular flexibility index (Phi) is 7.68. The molecule has 212 valence electrons. The zero-order chi connectivity index (χ0) is 28.2. The zero-order valence-corrected chi connectivity index (χ0v) is 22.7. The predicted octanol–water partition coefficient (Wildman–Crippen LogP) is 3.28. The van der Waals surface area contributed by atoms with Crippen molar-refractivity contribution in [2.75, 3.05) is 38.4 Å². The van der Waals surface area contributed by atoms with E-state index >= 15 is 0 Å². The lowest BCUT2D eigenvalue weighted by atomic mass is 10.0. The molecule has 11 heteroatoms. The molecule has 3 aromatic carbocycles. The average molecular weight is 558 g/mol. The van der Waals surface area contributed by atoms with Gasteiger partial charge in [0.1, 0.15) is 37.1 Å². The fourth-order valence-corrected chi connectivity index (χ4v) is 5.18. The van der Waals surface area contributed by atoms with Crippen LogP contribution in [0.4, 0.5) is 5.69 Å². The Morgan fingerprint density at radius 1 is 1.05 bits per heavy atom. The van der Waals surface area contributed by atoms with Gasteiger partial charge in [0.25, 0.3) is 0 Å². The maximum absolute atomic E-state index is 14.3. The quantitative estimate of drug-likeness (QED) is 0.333. The molecule has 2 aliphatic rings. The molecular weight excluding hydrogens is 526 g/mol. The minimum atomic E-state index is -1.01. The van der Waals surface area contributed by atoms with Gasteiger partial charge in [-0.05, 0) is 54.8 Å². The number of para-hydroxylation sites is 1. The van der Waals surface area contributed by atoms with E-state index in [2.05, 4.69) is 15.6 Å². The first-order valence-electron chi connectivity index (χ1n) is 13.6. The number of amides is 2. The van der Waals surface area contributed by atoms with Crippen LogP contribution >= 0.6 is 0 Å². The lowest BCUT2D eigenvalue weighted by molar-refractivity contribution is -0.127. The van der Waals surface area contributed by atoms with Crippen LogP contribution in [0.3, 0.4) is 0 Å². The van der Waals surface area contributed by atoms with E-state index in [-0.39, 0.29) is 24.5 Å². The molecular formula is C30H31N5O6. The first-order chi connectivity index (χ1) is 20.1. The highest BCUT2D eigenvalue weighted by Gasteiger charge is 2.34. The van der Waals surface area contributed by atoms with Crippen molar-refractivity contribution in [3.63, 3.8) is 0 Å². The van der Waals surface area contributed by atoms with Gasteiger partial charge in [0, 0.05) is 24.9 Å². The molecule has 1 aromatic heterocycles. The van der Waals surface area contributed by atoms with Gasteiger partial charge in [0.05, 0.1) is 18.7 Å². The fraction of sp³-hybridized carbons (Fsp3) is 0.333. The molecule has 6 rings (SSSR count). The lowest BCUT2D eigenvalue weighted by Crippen LogP contribution is -2.46. The number of nitrogens with one attached hydrogen (secondary N) is 1. The van der Waals surface area contributed by atoms with E-state index in [4.69, 9.17) is 18.9 Å². The van der Waals surface area contributed by atoms with Gasteiger partial charge in [-0.3, -0.25) is 14.5 Å². The molecule has 0 spiro atoms. The minimum absolute atomic E-state index is 0.0598. The van der Waals surface area contributed by atoms with Crippen LogP contribution in [0.2, 0.25) is 0 Å². The minimum Gasteiger partial charge on any atom is -0.497 e. The Morgan fingerprint density at radius 3 is 2.63 bits per heavy atom. The number of benzene rings is 3. The number of ether oxygens (including phenoxy) is 4. The van der Waals surface area contributed by atoms with Crippen LogP contribution in [0.25, 0.3) is 11.0 Å². The van der Waals surface area contributed by atoms with Crippen molar-refractivity contribution in [1.29, 1.82) is 0 Å². The highest BCUT2D eigenvalue weighted by Crippen LogP contribution is 2.37. The first kappa shape index (κ1) is 26.6. The monoisotopic (exact) mass is 557 g/mol. The number of methoxy groups -OCH3 is 1. The molecule has 2 atom stereocenters. The fourth-order valence-electron chi connectivity index (χ4n) is 5.18. The first-order valence-corrected chi connectivity index (χ1v) is 13.6. The van der Waals surface area contributed by atoms with Crippen molar-refractivity contribution in [2.45, 2.75) is 31.5 Å². The molecule has 11 nitrogen and oxygen atoms in total. The highest BCUT2D eigenvalue weighted by atomic mass is 16.6. The van der Waals surface area contributed by atoms with Gasteiger partial charge < -0.3 is 24.3 Å². The number of hydrogen-bond donors (Lipinski definition) is 1. The summed E-state index contributed by atoms with van der Waals surface area (Å²) in [5.74, 6) is 1.03. The van der Waals surface area contributed by atoms with Crippen LogP contribution in [-0.4, -0.2) is 66.4 Å². The van der Waals surface area contributed by atoms with Crippen molar-refractivity contribution in [3.05, 3.63) is 72.3 Å². The number of nitrogens with zero attached hydrogens (tertiary/aromatic N) is 4. The van der Waals surface area contributed by atoms with Gasteiger partial charge in [-0.2, -0.15) is 0 Å². The second kappa shape index (κ2) is 11.8. The largest absolute Gasteiger partial charge is 0.497 e. The number of anilines is 1. The molecule has 0 bridgehead atoms. The van der Waals surface area contributed by atoms with Crippen molar-refractivity contribution in [1.82, 2.24) is 20.3 Å². The number of aromatic nitrogens is 3. The summed E-state index contributed by atoms with van der Waals surface area (Å²) in [6.45, 7) is 1.72. The molecule has 0 unspecified atom stereocenters. The number of hydrogen-bond acceptors (Lipinski definition) is 8. The van der Waals surface area contributed by atoms with Crippen LogP contribution in [0.5, 0.6) is 17.2 Å². The Balaban J connectivity index is 1.41. The van der Waals surface area contributed by atoms with Crippen LogP contribution in [0.1, 0.15) is 24.4 Å². The smallest absolute Gasteiger partial charge is 0.249 e. The number of fused-ring (bicyclic) bond motifs is 2. The van der Waals surface area contributed by atoms with Crippen LogP contribution < -0.4 is 24.4 Å². The standard InChI is InChI=1S/C30H31N5O6/c1-38-22-11-8-20(9-12-22)29(30(37)31-18-23-5-4-14-39-23)35(21-10-13-26-27(17-21)41-16-15-40-26)28(36)19-34-25-7-3-2-6-24(25)32-33-34/h2-3,6-13,17,23,29H,4-5,14-16,18-19H2,1H3,(H,31,37)/t23-,29-/m0/s1. The summed E-state index contributed by atoms with van der Waals surface area (Å²) >= 11 is 0. The maximum Gasteiger partial charge on any atom is 0.249 e. The van der Waals surface area contributed by atoms with E-state index in [9.17, 15) is 9.59 Å². The molecule has 1 N–H and O–H groups in total. The van der Waals surface area contributed by atoms with E-state index in [1.54, 1.807) is 49.6 Å². The summed E-state index contributed by atoms with van der Waals surface area (Å²) in [6, 6.07) is 18.8. The molecule has 2 aliphatic heterocycles. The maximum atomic E-state index is 14.3. The Morgan fingerprint density at radius 2 is 1.85 bits per heavy atom. The van der Waals surface area contributed by atoms with Crippen LogP contribution in [0, 0.1) is 0 Å². The molecule has 41 heavy (non-hydrogen) atoms. The molecule has 1 saturated heterocycles. The zero-order valence-electron chi connectivity index (χ0n) is 22.7. The van der Waals surface area contributed by atoms with Gasteiger partial charge in [-0.15, -0.1) is 5.10 Å². The van der Waals surface area contributed by atoms with Crippen LogP contribution in [-0.2, 0) is 20.9 Å². The summed E-state index contributed by atoms with van der Waals surface area (Å²) in [6.07, 6.45) is 1.77. The molecule has 0 saturated carbocycles. The molecule has 4 aromatic rings. The third-order valence-corrected chi connectivity index (χ3v) is 7.24. The van der Waals surface area contributed by atoms with Gasteiger partial charge in [0.2, 0.25) is 11.8 Å². The summed E-state index contributed by atoms with van der Waals surface area (Å²) in [5, 5.41) is 11.4. The summed E-state index contributed by atoms with van der Waals surface area (Å²) in [5.41, 5.74) is 2.48. The molecule has 0 radical (unpaired) electrons. The Bertz CT molecular complexity index is 1530. The van der Waals surface area contributed by atoms with Gasteiger partial charge in [-0.1, -0.05) is 29.5 Å². The number of carbonyl (C=O) groups excluding carboxylic acids is 2. The SMILES string of the molecule is COc1ccc([C@@H](C(=O)NC[C@@H]2CCCO2)N(C(=O)Cn2nnc3ccccc32)c2ccc3c(c2)OCCO3)cc1. The van der Waals surface area contributed by atoms with E-state index in [1.807, 2.05) is 24.3 Å². The van der Waals surface area contributed by atoms with Crippen molar-refractivity contribution in [3.8, 4) is 17.2 Å². The predicted molar refractivity (Wildman–Crippen MR) is 150 cm³/mol. The van der Waals surface area contributed by atoms with Gasteiger partial charge >= 0.3 is 0 Å². The van der Waals surface area contributed by atoms with Crippen LogP contribution in [0.15, 0.2) is 66.7 Å². The van der Waals surface area contributed by atoms with Gasteiger partial charge in [-0.25, -0.2) is 4.68 Å².